The van der Waals surface area contributed by atoms with E-state index in [4.69, 9.17) is 9.47 Å². The minimum atomic E-state index is -0.662. The molecule has 0 heterocycles. The average molecular weight is 212 g/mol. The SMILES string of the molecule is COc1ccc(C(=O)OC(C)C)c(F)c1. The van der Waals surface area contributed by atoms with E-state index in [9.17, 15) is 9.18 Å². The highest BCUT2D eigenvalue weighted by molar-refractivity contribution is 5.89. The number of rotatable bonds is 3. The van der Waals surface area contributed by atoms with Crippen LogP contribution in [0.5, 0.6) is 5.75 Å². The highest BCUT2D eigenvalue weighted by atomic mass is 19.1. The van der Waals surface area contributed by atoms with Crippen molar-refractivity contribution in [3.63, 3.8) is 0 Å². The van der Waals surface area contributed by atoms with Gasteiger partial charge < -0.3 is 9.47 Å². The summed E-state index contributed by atoms with van der Waals surface area (Å²) >= 11 is 0. The molecular weight excluding hydrogens is 199 g/mol. The topological polar surface area (TPSA) is 35.5 Å². The lowest BCUT2D eigenvalue weighted by Gasteiger charge is -2.09. The maximum Gasteiger partial charge on any atom is 0.341 e. The molecule has 15 heavy (non-hydrogen) atoms. The molecule has 0 N–H and O–H groups in total. The Hall–Kier alpha value is -1.58. The third kappa shape index (κ3) is 2.94. The van der Waals surface area contributed by atoms with Gasteiger partial charge in [-0.1, -0.05) is 0 Å². The van der Waals surface area contributed by atoms with Crippen molar-refractivity contribution in [1.82, 2.24) is 0 Å². The molecule has 0 aromatic heterocycles. The van der Waals surface area contributed by atoms with E-state index in [1.165, 1.54) is 19.2 Å². The molecule has 0 fully saturated rings. The van der Waals surface area contributed by atoms with Gasteiger partial charge in [0.1, 0.15) is 11.6 Å². The number of hydrogen-bond acceptors (Lipinski definition) is 3. The Kier molecular flexibility index (Phi) is 3.66. The van der Waals surface area contributed by atoms with Crippen LogP contribution in [-0.2, 0) is 4.74 Å². The molecule has 0 radical (unpaired) electrons. The summed E-state index contributed by atoms with van der Waals surface area (Å²) in [7, 11) is 1.43. The maximum atomic E-state index is 13.4. The molecule has 0 unspecified atom stereocenters. The number of esters is 1. The number of ether oxygens (including phenoxy) is 2. The minimum absolute atomic E-state index is 0.0792. The third-order valence-corrected chi connectivity index (χ3v) is 1.74. The average Bonchev–Trinajstić information content (AvgIpc) is 2.16. The van der Waals surface area contributed by atoms with Crippen LogP contribution in [0.1, 0.15) is 24.2 Å². The molecular formula is C11H13FO3. The molecule has 0 saturated carbocycles. The normalized spacial score (nSPS) is 10.2. The molecule has 82 valence electrons. The molecule has 0 atom stereocenters. The molecule has 3 nitrogen and oxygen atoms in total. The van der Waals surface area contributed by atoms with Crippen LogP contribution in [0.25, 0.3) is 0 Å². The molecule has 0 aliphatic rings. The number of hydrogen-bond donors (Lipinski definition) is 0. The summed E-state index contributed by atoms with van der Waals surface area (Å²) in [5.74, 6) is -0.932. The van der Waals surface area contributed by atoms with Crippen molar-refractivity contribution >= 4 is 5.97 Å². The number of methoxy groups -OCH3 is 1. The van der Waals surface area contributed by atoms with Crippen molar-refractivity contribution < 1.29 is 18.7 Å². The molecule has 0 spiro atoms. The van der Waals surface area contributed by atoms with E-state index in [-0.39, 0.29) is 11.7 Å². The van der Waals surface area contributed by atoms with E-state index >= 15 is 0 Å². The van der Waals surface area contributed by atoms with Gasteiger partial charge in [-0.05, 0) is 26.0 Å². The first kappa shape index (κ1) is 11.5. The van der Waals surface area contributed by atoms with Crippen molar-refractivity contribution in [2.45, 2.75) is 20.0 Å². The van der Waals surface area contributed by atoms with Crippen molar-refractivity contribution in [2.24, 2.45) is 0 Å². The summed E-state index contributed by atoms with van der Waals surface area (Å²) in [5, 5.41) is 0. The zero-order chi connectivity index (χ0) is 11.4. The third-order valence-electron chi connectivity index (χ3n) is 1.74. The summed E-state index contributed by atoms with van der Waals surface area (Å²) in [6.45, 7) is 3.42. The molecule has 4 heteroatoms. The Morgan fingerprint density at radius 1 is 1.40 bits per heavy atom. The van der Waals surface area contributed by atoms with Gasteiger partial charge in [0.2, 0.25) is 0 Å². The Bertz CT molecular complexity index is 361. The number of benzene rings is 1. The Balaban J connectivity index is 2.90. The second-order valence-electron chi connectivity index (χ2n) is 3.30. The summed E-state index contributed by atoms with van der Waals surface area (Å²) in [6, 6.07) is 4.01. The lowest BCUT2D eigenvalue weighted by molar-refractivity contribution is 0.0372. The summed E-state index contributed by atoms with van der Waals surface area (Å²) in [6.07, 6.45) is -0.265. The van der Waals surface area contributed by atoms with Crippen molar-refractivity contribution in [3.8, 4) is 5.75 Å². The van der Waals surface area contributed by atoms with Gasteiger partial charge in [0, 0.05) is 6.07 Å². The van der Waals surface area contributed by atoms with Gasteiger partial charge in [-0.3, -0.25) is 0 Å². The van der Waals surface area contributed by atoms with Crippen molar-refractivity contribution in [3.05, 3.63) is 29.6 Å². The van der Waals surface area contributed by atoms with E-state index in [2.05, 4.69) is 0 Å². The first-order valence-electron chi connectivity index (χ1n) is 4.59. The van der Waals surface area contributed by atoms with Crippen LogP contribution in [0.2, 0.25) is 0 Å². The highest BCUT2D eigenvalue weighted by Gasteiger charge is 2.14. The lowest BCUT2D eigenvalue weighted by atomic mass is 10.2. The number of halogens is 1. The van der Waals surface area contributed by atoms with Crippen LogP contribution in [0, 0.1) is 5.82 Å². The second kappa shape index (κ2) is 4.77. The molecule has 0 aliphatic heterocycles. The smallest absolute Gasteiger partial charge is 0.341 e. The van der Waals surface area contributed by atoms with Gasteiger partial charge in [0.05, 0.1) is 18.8 Å². The van der Waals surface area contributed by atoms with E-state index in [0.29, 0.717) is 5.75 Å². The molecule has 0 bridgehead atoms. The van der Waals surface area contributed by atoms with Crippen LogP contribution < -0.4 is 4.74 Å². The zero-order valence-electron chi connectivity index (χ0n) is 8.91. The van der Waals surface area contributed by atoms with Crippen LogP contribution in [0.15, 0.2) is 18.2 Å². The number of carbonyl (C=O) groups is 1. The van der Waals surface area contributed by atoms with Crippen LogP contribution >= 0.6 is 0 Å². The molecule has 0 saturated heterocycles. The molecule has 0 aliphatic carbocycles. The zero-order valence-corrected chi connectivity index (χ0v) is 8.91. The lowest BCUT2D eigenvalue weighted by Crippen LogP contribution is -2.13. The predicted molar refractivity (Wildman–Crippen MR) is 53.5 cm³/mol. The fourth-order valence-corrected chi connectivity index (χ4v) is 1.07. The van der Waals surface area contributed by atoms with E-state index in [1.54, 1.807) is 13.8 Å². The number of carbonyl (C=O) groups excluding carboxylic acids is 1. The Morgan fingerprint density at radius 3 is 2.53 bits per heavy atom. The molecule has 1 aromatic rings. The van der Waals surface area contributed by atoms with Crippen molar-refractivity contribution in [2.75, 3.05) is 7.11 Å². The van der Waals surface area contributed by atoms with Crippen molar-refractivity contribution in [1.29, 1.82) is 0 Å². The minimum Gasteiger partial charge on any atom is -0.497 e. The van der Waals surface area contributed by atoms with Gasteiger partial charge in [-0.2, -0.15) is 0 Å². The summed E-state index contributed by atoms with van der Waals surface area (Å²) in [4.78, 5) is 11.4. The Morgan fingerprint density at radius 2 is 2.07 bits per heavy atom. The fraction of sp³-hybridized carbons (Fsp3) is 0.364. The largest absolute Gasteiger partial charge is 0.497 e. The van der Waals surface area contributed by atoms with E-state index in [1.807, 2.05) is 0 Å². The van der Waals surface area contributed by atoms with Crippen LogP contribution in [-0.4, -0.2) is 19.2 Å². The first-order valence-corrected chi connectivity index (χ1v) is 4.59. The Labute approximate surface area is 87.8 Å². The summed E-state index contributed by atoms with van der Waals surface area (Å²) in [5.41, 5.74) is -0.0792. The van der Waals surface area contributed by atoms with Gasteiger partial charge in [0.25, 0.3) is 0 Å². The van der Waals surface area contributed by atoms with Gasteiger partial charge >= 0.3 is 5.97 Å². The van der Waals surface area contributed by atoms with Gasteiger partial charge in [0.15, 0.2) is 0 Å². The van der Waals surface area contributed by atoms with Gasteiger partial charge in [-0.15, -0.1) is 0 Å². The second-order valence-corrected chi connectivity index (χ2v) is 3.30. The maximum absolute atomic E-state index is 13.4. The molecule has 1 aromatic carbocycles. The van der Waals surface area contributed by atoms with E-state index < -0.39 is 11.8 Å². The van der Waals surface area contributed by atoms with Crippen LogP contribution in [0.3, 0.4) is 0 Å². The fourth-order valence-electron chi connectivity index (χ4n) is 1.07. The van der Waals surface area contributed by atoms with Crippen LogP contribution in [0.4, 0.5) is 4.39 Å². The van der Waals surface area contributed by atoms with Gasteiger partial charge in [-0.25, -0.2) is 9.18 Å². The monoisotopic (exact) mass is 212 g/mol. The summed E-state index contributed by atoms with van der Waals surface area (Å²) < 4.78 is 23.0. The van der Waals surface area contributed by atoms with E-state index in [0.717, 1.165) is 6.07 Å². The quantitative estimate of drug-likeness (QED) is 0.722. The molecule has 1 rings (SSSR count). The highest BCUT2D eigenvalue weighted by Crippen LogP contribution is 2.17. The molecule has 0 amide bonds. The first-order chi connectivity index (χ1) is 7.04. The standard InChI is InChI=1S/C11H13FO3/c1-7(2)15-11(13)9-5-4-8(14-3)6-10(9)12/h4-7H,1-3H3. The predicted octanol–water partition coefficient (Wildman–Crippen LogP) is 2.40.